The van der Waals surface area contributed by atoms with Crippen molar-refractivity contribution in [2.75, 3.05) is 11.9 Å². The lowest BCUT2D eigenvalue weighted by molar-refractivity contribution is -0.149. The second kappa shape index (κ2) is 9.26. The first-order chi connectivity index (χ1) is 12.3. The van der Waals surface area contributed by atoms with Gasteiger partial charge in [0.25, 0.3) is 5.91 Å². The van der Waals surface area contributed by atoms with E-state index in [1.54, 1.807) is 42.5 Å². The van der Waals surface area contributed by atoms with Crippen molar-refractivity contribution in [1.29, 1.82) is 0 Å². The predicted octanol–water partition coefficient (Wildman–Crippen LogP) is 5.57. The number of hydrogen-bond donors (Lipinski definition) is 1. The minimum atomic E-state index is -0.485. The van der Waals surface area contributed by atoms with E-state index in [9.17, 15) is 9.59 Å². The molecule has 0 spiro atoms. The van der Waals surface area contributed by atoms with E-state index in [2.05, 4.69) is 5.32 Å². The monoisotopic (exact) mass is 413 g/mol. The summed E-state index contributed by atoms with van der Waals surface area (Å²) >= 11 is 17.7. The Hall–Kier alpha value is -1.75. The molecule has 138 valence electrons. The van der Waals surface area contributed by atoms with Crippen molar-refractivity contribution in [3.8, 4) is 0 Å². The molecule has 0 aliphatic heterocycles. The van der Waals surface area contributed by atoms with Gasteiger partial charge in [0.2, 0.25) is 0 Å². The Morgan fingerprint density at radius 1 is 0.962 bits per heavy atom. The summed E-state index contributed by atoms with van der Waals surface area (Å²) in [5, 5.41) is 3.97. The van der Waals surface area contributed by atoms with Crippen LogP contribution in [0.2, 0.25) is 15.1 Å². The second-order valence-electron chi connectivity index (χ2n) is 6.09. The molecule has 2 aromatic rings. The van der Waals surface area contributed by atoms with Gasteiger partial charge in [-0.25, -0.2) is 0 Å². The van der Waals surface area contributed by atoms with Gasteiger partial charge in [0.05, 0.1) is 5.92 Å². The van der Waals surface area contributed by atoms with Crippen LogP contribution in [0.5, 0.6) is 0 Å². The molecule has 2 aromatic carbocycles. The first-order valence-corrected chi connectivity index (χ1v) is 9.07. The van der Waals surface area contributed by atoms with E-state index in [-0.39, 0.29) is 5.92 Å². The fraction of sp³-hybridized carbons (Fsp3) is 0.263. The van der Waals surface area contributed by atoms with Crippen LogP contribution >= 0.6 is 34.8 Å². The number of carbonyl (C=O) groups is 2. The van der Waals surface area contributed by atoms with Crippen molar-refractivity contribution in [1.82, 2.24) is 0 Å². The van der Waals surface area contributed by atoms with Crippen molar-refractivity contribution in [3.63, 3.8) is 0 Å². The van der Waals surface area contributed by atoms with E-state index >= 15 is 0 Å². The predicted molar refractivity (Wildman–Crippen MR) is 105 cm³/mol. The molecule has 0 fully saturated rings. The maximum atomic E-state index is 12.5. The molecule has 2 rings (SSSR count). The van der Waals surface area contributed by atoms with Crippen LogP contribution in [0.4, 0.5) is 5.69 Å². The van der Waals surface area contributed by atoms with Crippen LogP contribution in [-0.2, 0) is 14.3 Å². The van der Waals surface area contributed by atoms with Crippen molar-refractivity contribution < 1.29 is 14.3 Å². The molecular formula is C19H18Cl3NO3. The maximum absolute atomic E-state index is 12.5. The molecule has 0 saturated heterocycles. The summed E-state index contributed by atoms with van der Waals surface area (Å²) in [5.41, 5.74) is 1.22. The molecule has 0 bridgehead atoms. The third-order valence-electron chi connectivity index (χ3n) is 3.64. The first-order valence-electron chi connectivity index (χ1n) is 7.94. The molecule has 1 N–H and O–H groups in total. The minimum absolute atomic E-state index is 0.00141. The average molecular weight is 415 g/mol. The number of benzene rings is 2. The Balaban J connectivity index is 1.98. The smallest absolute Gasteiger partial charge is 0.314 e. The molecule has 0 aliphatic carbocycles. The highest BCUT2D eigenvalue weighted by atomic mass is 35.5. The lowest BCUT2D eigenvalue weighted by Gasteiger charge is -2.20. The highest BCUT2D eigenvalue weighted by Crippen LogP contribution is 2.27. The number of nitrogens with one attached hydrogen (secondary N) is 1. The van der Waals surface area contributed by atoms with Gasteiger partial charge in [0.15, 0.2) is 6.61 Å². The highest BCUT2D eigenvalue weighted by Gasteiger charge is 2.26. The first kappa shape index (κ1) is 20.6. The van der Waals surface area contributed by atoms with Crippen LogP contribution in [0.15, 0.2) is 42.5 Å². The van der Waals surface area contributed by atoms with Gasteiger partial charge in [-0.05, 0) is 41.8 Å². The van der Waals surface area contributed by atoms with Gasteiger partial charge in [0, 0.05) is 20.8 Å². The minimum Gasteiger partial charge on any atom is -0.455 e. The quantitative estimate of drug-likeness (QED) is 0.629. The summed E-state index contributed by atoms with van der Waals surface area (Å²) in [5.74, 6) is -1.43. The molecule has 7 heteroatoms. The summed E-state index contributed by atoms with van der Waals surface area (Å²) in [4.78, 5) is 24.5. The summed E-state index contributed by atoms with van der Waals surface area (Å²) in [6.45, 7) is 3.42. The van der Waals surface area contributed by atoms with Gasteiger partial charge < -0.3 is 10.1 Å². The van der Waals surface area contributed by atoms with E-state index in [0.717, 1.165) is 5.56 Å². The fourth-order valence-electron chi connectivity index (χ4n) is 2.51. The van der Waals surface area contributed by atoms with Crippen LogP contribution in [0.1, 0.15) is 25.3 Å². The molecule has 0 unspecified atom stereocenters. The van der Waals surface area contributed by atoms with Crippen LogP contribution in [0.25, 0.3) is 0 Å². The summed E-state index contributed by atoms with van der Waals surface area (Å²) in [6.07, 6.45) is 0. The van der Waals surface area contributed by atoms with Crippen molar-refractivity contribution in [3.05, 3.63) is 63.1 Å². The van der Waals surface area contributed by atoms with Crippen LogP contribution in [0, 0.1) is 5.92 Å². The van der Waals surface area contributed by atoms with Gasteiger partial charge in [-0.1, -0.05) is 60.8 Å². The third-order valence-corrected chi connectivity index (χ3v) is 4.33. The normalized spacial score (nSPS) is 11.9. The number of anilines is 1. The van der Waals surface area contributed by atoms with E-state index < -0.39 is 24.4 Å². The molecule has 0 aliphatic rings. The van der Waals surface area contributed by atoms with Gasteiger partial charge in [-0.3, -0.25) is 9.59 Å². The number of esters is 1. The van der Waals surface area contributed by atoms with Crippen molar-refractivity contribution in [2.24, 2.45) is 5.92 Å². The molecule has 0 aromatic heterocycles. The fourth-order valence-corrected chi connectivity index (χ4v) is 3.16. The maximum Gasteiger partial charge on any atom is 0.314 e. The van der Waals surface area contributed by atoms with E-state index in [1.807, 2.05) is 13.8 Å². The van der Waals surface area contributed by atoms with E-state index in [4.69, 9.17) is 39.5 Å². The molecule has 26 heavy (non-hydrogen) atoms. The third kappa shape index (κ3) is 5.90. The van der Waals surface area contributed by atoms with Crippen LogP contribution < -0.4 is 5.32 Å². The Labute approximate surface area is 167 Å². The number of carbonyl (C=O) groups excluding carboxylic acids is 2. The molecule has 1 amide bonds. The second-order valence-corrected chi connectivity index (χ2v) is 7.40. The standard InChI is InChI=1S/C19H18Cl3NO3/c1-11(2)18(12-3-5-13(20)6-4-12)19(25)26-10-17(24)23-16-8-14(21)7-15(22)9-16/h3-9,11,18H,10H2,1-2H3,(H,23,24)/t18-/m1/s1. The number of hydrogen-bond acceptors (Lipinski definition) is 3. The van der Waals surface area contributed by atoms with Crippen molar-refractivity contribution >= 4 is 52.4 Å². The summed E-state index contributed by atoms with van der Waals surface area (Å²) < 4.78 is 5.19. The van der Waals surface area contributed by atoms with Crippen molar-refractivity contribution in [2.45, 2.75) is 19.8 Å². The van der Waals surface area contributed by atoms with Crippen LogP contribution in [0.3, 0.4) is 0 Å². The summed E-state index contributed by atoms with van der Waals surface area (Å²) in [7, 11) is 0. The largest absolute Gasteiger partial charge is 0.455 e. The molecule has 0 radical (unpaired) electrons. The molecular weight excluding hydrogens is 397 g/mol. The highest BCUT2D eigenvalue weighted by molar-refractivity contribution is 6.35. The SMILES string of the molecule is CC(C)[C@@H](C(=O)OCC(=O)Nc1cc(Cl)cc(Cl)c1)c1ccc(Cl)cc1. The number of halogens is 3. The van der Waals surface area contributed by atoms with E-state index in [1.165, 1.54) is 0 Å². The van der Waals surface area contributed by atoms with Gasteiger partial charge in [-0.15, -0.1) is 0 Å². The molecule has 0 saturated carbocycles. The Bertz CT molecular complexity index is 771. The zero-order chi connectivity index (χ0) is 19.3. The topological polar surface area (TPSA) is 55.4 Å². The lowest BCUT2D eigenvalue weighted by atomic mass is 9.88. The zero-order valence-corrected chi connectivity index (χ0v) is 16.5. The lowest BCUT2D eigenvalue weighted by Crippen LogP contribution is -2.26. The Kier molecular flexibility index (Phi) is 7.33. The Morgan fingerprint density at radius 2 is 1.54 bits per heavy atom. The van der Waals surface area contributed by atoms with Crippen LogP contribution in [-0.4, -0.2) is 18.5 Å². The average Bonchev–Trinajstić information content (AvgIpc) is 2.53. The summed E-state index contributed by atoms with van der Waals surface area (Å²) in [6, 6.07) is 11.7. The van der Waals surface area contributed by atoms with E-state index in [0.29, 0.717) is 20.8 Å². The zero-order valence-electron chi connectivity index (χ0n) is 14.3. The molecule has 1 atom stereocenters. The number of amides is 1. The van der Waals surface area contributed by atoms with Gasteiger partial charge in [-0.2, -0.15) is 0 Å². The number of rotatable bonds is 6. The van der Waals surface area contributed by atoms with Gasteiger partial charge in [0.1, 0.15) is 0 Å². The molecule has 0 heterocycles. The van der Waals surface area contributed by atoms with Gasteiger partial charge >= 0.3 is 5.97 Å². The number of ether oxygens (including phenoxy) is 1. The molecule has 4 nitrogen and oxygen atoms in total. The Morgan fingerprint density at radius 3 is 2.08 bits per heavy atom.